The fraction of sp³-hybridized carbons (Fsp3) is 0.182. The number of nitrogens with zero attached hydrogens (tertiary/aromatic N) is 4. The zero-order valence-corrected chi connectivity index (χ0v) is 19.3. The summed E-state index contributed by atoms with van der Waals surface area (Å²) in [4.78, 5) is 31.6. The third-order valence-corrected chi connectivity index (χ3v) is 5.65. The van der Waals surface area contributed by atoms with Gasteiger partial charge in [0.2, 0.25) is 5.95 Å². The normalized spacial score (nSPS) is 11.4. The van der Waals surface area contributed by atoms with Gasteiger partial charge < -0.3 is 4.74 Å². The maximum Gasteiger partial charge on any atom is 0.329 e. The van der Waals surface area contributed by atoms with Crippen molar-refractivity contribution < 1.29 is 4.74 Å². The van der Waals surface area contributed by atoms with Crippen LogP contribution in [0.1, 0.15) is 16.7 Å². The monoisotopic (exact) mass is 496 g/mol. The fourth-order valence-electron chi connectivity index (χ4n) is 3.40. The van der Waals surface area contributed by atoms with Crippen molar-refractivity contribution in [2.75, 3.05) is 12.5 Å². The molecule has 0 fully saturated rings. The lowest BCUT2D eigenvalue weighted by Crippen LogP contribution is -2.29. The molecule has 0 saturated heterocycles. The predicted octanol–water partition coefficient (Wildman–Crippen LogP) is 3.00. The Morgan fingerprint density at radius 2 is 2.03 bits per heavy atom. The van der Waals surface area contributed by atoms with Crippen molar-refractivity contribution in [2.24, 2.45) is 12.1 Å². The van der Waals surface area contributed by atoms with Crippen LogP contribution in [0.2, 0.25) is 0 Å². The number of imidazole rings is 1. The molecule has 2 N–H and O–H groups in total. The average molecular weight is 497 g/mol. The number of nitrogens with one attached hydrogen (secondary N) is 2. The molecule has 2 heterocycles. The van der Waals surface area contributed by atoms with Gasteiger partial charge in [-0.05, 0) is 36.2 Å². The number of methoxy groups -OCH3 is 1. The lowest BCUT2D eigenvalue weighted by atomic mass is 10.1. The number of benzene rings is 2. The van der Waals surface area contributed by atoms with Gasteiger partial charge >= 0.3 is 5.69 Å². The van der Waals surface area contributed by atoms with Crippen molar-refractivity contribution in [3.05, 3.63) is 84.5 Å². The molecule has 0 aliphatic heterocycles. The topological polar surface area (TPSA) is 106 Å². The summed E-state index contributed by atoms with van der Waals surface area (Å²) in [6, 6.07) is 13.4. The van der Waals surface area contributed by atoms with Crippen molar-refractivity contribution in [3.8, 4) is 5.75 Å². The van der Waals surface area contributed by atoms with E-state index in [2.05, 4.69) is 36.4 Å². The SMILES string of the molecule is COc1ccc(Br)cc1/C=N/Nc1nc2c(c(=O)[nH]c(=O)n2C)n1Cc1ccccc1C. The van der Waals surface area contributed by atoms with Crippen LogP contribution < -0.4 is 21.4 Å². The van der Waals surface area contributed by atoms with Crippen LogP contribution in [0.5, 0.6) is 5.75 Å². The van der Waals surface area contributed by atoms with Gasteiger partial charge in [0.25, 0.3) is 5.56 Å². The van der Waals surface area contributed by atoms with Gasteiger partial charge in [-0.25, -0.2) is 10.2 Å². The lowest BCUT2D eigenvalue weighted by molar-refractivity contribution is 0.414. The van der Waals surface area contributed by atoms with Crippen molar-refractivity contribution in [1.29, 1.82) is 0 Å². The lowest BCUT2D eigenvalue weighted by Gasteiger charge is -2.10. The van der Waals surface area contributed by atoms with E-state index < -0.39 is 11.2 Å². The molecule has 164 valence electrons. The quantitative estimate of drug-likeness (QED) is 0.315. The van der Waals surface area contributed by atoms with E-state index in [9.17, 15) is 9.59 Å². The number of hydrogen-bond acceptors (Lipinski definition) is 6. The van der Waals surface area contributed by atoms with E-state index in [-0.39, 0.29) is 11.2 Å². The first-order chi connectivity index (χ1) is 15.4. The summed E-state index contributed by atoms with van der Waals surface area (Å²) in [6.07, 6.45) is 1.60. The summed E-state index contributed by atoms with van der Waals surface area (Å²) in [5.74, 6) is 0.992. The first-order valence-electron chi connectivity index (χ1n) is 9.75. The largest absolute Gasteiger partial charge is 0.496 e. The van der Waals surface area contributed by atoms with Crippen molar-refractivity contribution in [3.63, 3.8) is 0 Å². The molecule has 2 aromatic heterocycles. The van der Waals surface area contributed by atoms with Crippen LogP contribution in [0.4, 0.5) is 5.95 Å². The van der Waals surface area contributed by atoms with Crippen molar-refractivity contribution in [1.82, 2.24) is 19.1 Å². The van der Waals surface area contributed by atoms with E-state index in [4.69, 9.17) is 4.74 Å². The Balaban J connectivity index is 1.80. The van der Waals surface area contributed by atoms with Crippen molar-refractivity contribution >= 4 is 39.3 Å². The standard InChI is InChI=1S/C22H21BrN6O3/c1-13-6-4-5-7-14(13)12-29-18-19(28(2)22(31)26-20(18)30)25-21(29)27-24-11-15-10-16(23)8-9-17(15)32-3/h4-11H,12H2,1-3H3,(H,25,27)(H,26,30,31)/b24-11+. The van der Waals surface area contributed by atoms with E-state index in [0.717, 1.165) is 21.2 Å². The molecule has 0 unspecified atom stereocenters. The second kappa shape index (κ2) is 8.83. The third kappa shape index (κ3) is 4.09. The average Bonchev–Trinajstić information content (AvgIpc) is 3.13. The Morgan fingerprint density at radius 1 is 1.25 bits per heavy atom. The zero-order chi connectivity index (χ0) is 22.8. The molecule has 0 radical (unpaired) electrons. The van der Waals surface area contributed by atoms with Crippen LogP contribution in [0.25, 0.3) is 11.2 Å². The van der Waals surface area contributed by atoms with Gasteiger partial charge in [-0.1, -0.05) is 40.2 Å². The van der Waals surface area contributed by atoms with Gasteiger partial charge in [-0.2, -0.15) is 10.1 Å². The summed E-state index contributed by atoms with van der Waals surface area (Å²) in [6.45, 7) is 2.38. The molecule has 0 aliphatic carbocycles. The van der Waals surface area contributed by atoms with Crippen LogP contribution in [0.3, 0.4) is 0 Å². The number of rotatable bonds is 6. The summed E-state index contributed by atoms with van der Waals surface area (Å²) in [5, 5.41) is 4.30. The smallest absolute Gasteiger partial charge is 0.329 e. The Kier molecular flexibility index (Phi) is 5.95. The van der Waals surface area contributed by atoms with Gasteiger partial charge in [-0.15, -0.1) is 0 Å². The molecule has 4 aromatic rings. The third-order valence-electron chi connectivity index (χ3n) is 5.16. The highest BCUT2D eigenvalue weighted by molar-refractivity contribution is 9.10. The number of H-pyrrole nitrogens is 1. The van der Waals surface area contributed by atoms with Crippen molar-refractivity contribution in [2.45, 2.75) is 13.5 Å². The molecular formula is C22H21BrN6O3. The summed E-state index contributed by atoms with van der Waals surface area (Å²) in [7, 11) is 3.15. The predicted molar refractivity (Wildman–Crippen MR) is 128 cm³/mol. The van der Waals surface area contributed by atoms with E-state index >= 15 is 0 Å². The molecule has 0 aliphatic rings. The number of aryl methyl sites for hydroxylation is 2. The molecule has 0 atom stereocenters. The van der Waals surface area contributed by atoms with E-state index in [0.29, 0.717) is 18.2 Å². The highest BCUT2D eigenvalue weighted by atomic mass is 79.9. The van der Waals surface area contributed by atoms with Crippen LogP contribution in [-0.4, -0.2) is 32.4 Å². The van der Waals surface area contributed by atoms with Crippen LogP contribution >= 0.6 is 15.9 Å². The van der Waals surface area contributed by atoms with E-state index in [1.54, 1.807) is 24.9 Å². The zero-order valence-electron chi connectivity index (χ0n) is 17.7. The number of halogens is 1. The number of aromatic nitrogens is 4. The number of aromatic amines is 1. The van der Waals surface area contributed by atoms with E-state index in [1.807, 2.05) is 49.4 Å². The molecule has 0 spiro atoms. The highest BCUT2D eigenvalue weighted by Gasteiger charge is 2.18. The van der Waals surface area contributed by atoms with Crippen LogP contribution in [0.15, 0.2) is 61.6 Å². The summed E-state index contributed by atoms with van der Waals surface area (Å²) < 4.78 is 9.27. The minimum absolute atomic E-state index is 0.269. The molecule has 0 bridgehead atoms. The molecule has 10 heteroatoms. The van der Waals surface area contributed by atoms with Gasteiger partial charge in [-0.3, -0.25) is 18.9 Å². The van der Waals surface area contributed by atoms with Crippen LogP contribution in [0, 0.1) is 6.92 Å². The molecule has 2 aromatic carbocycles. The second-order valence-electron chi connectivity index (χ2n) is 7.19. The Bertz CT molecular complexity index is 1450. The maximum atomic E-state index is 12.7. The number of hydrogen-bond donors (Lipinski definition) is 2. The molecule has 0 saturated carbocycles. The van der Waals surface area contributed by atoms with Gasteiger partial charge in [0.15, 0.2) is 11.2 Å². The number of fused-ring (bicyclic) bond motifs is 1. The Hall–Kier alpha value is -3.66. The number of ether oxygens (including phenoxy) is 1. The molecule has 32 heavy (non-hydrogen) atoms. The first-order valence-corrected chi connectivity index (χ1v) is 10.5. The maximum absolute atomic E-state index is 12.7. The fourth-order valence-corrected chi connectivity index (χ4v) is 3.78. The highest BCUT2D eigenvalue weighted by Crippen LogP contribution is 2.22. The molecule has 9 nitrogen and oxygen atoms in total. The first kappa shape index (κ1) is 21.6. The minimum atomic E-state index is -0.531. The molecule has 0 amide bonds. The Morgan fingerprint density at radius 3 is 2.78 bits per heavy atom. The van der Waals surface area contributed by atoms with E-state index in [1.165, 1.54) is 4.57 Å². The van der Waals surface area contributed by atoms with Gasteiger partial charge in [0, 0.05) is 17.1 Å². The summed E-state index contributed by atoms with van der Waals surface area (Å²) >= 11 is 3.44. The Labute approximate surface area is 191 Å². The minimum Gasteiger partial charge on any atom is -0.496 e. The molecular weight excluding hydrogens is 476 g/mol. The second-order valence-corrected chi connectivity index (χ2v) is 8.11. The van der Waals surface area contributed by atoms with Gasteiger partial charge in [0.1, 0.15) is 5.75 Å². The number of hydrazone groups is 1. The number of anilines is 1. The van der Waals surface area contributed by atoms with Gasteiger partial charge in [0.05, 0.1) is 19.9 Å². The molecule has 4 rings (SSSR count). The van der Waals surface area contributed by atoms with Crippen LogP contribution in [-0.2, 0) is 13.6 Å². The summed E-state index contributed by atoms with van der Waals surface area (Å²) in [5.41, 5.74) is 5.28.